The van der Waals surface area contributed by atoms with Gasteiger partial charge in [-0.3, -0.25) is 4.99 Å². The molecule has 1 rings (SSSR count). The van der Waals surface area contributed by atoms with Gasteiger partial charge < -0.3 is 19.6 Å². The molecular formula is C22H37N3O3. The van der Waals surface area contributed by atoms with Crippen LogP contribution in [0.25, 0.3) is 0 Å². The van der Waals surface area contributed by atoms with Crippen LogP contribution in [0.5, 0.6) is 0 Å². The number of aliphatic imine (C=N–C) groups is 1. The van der Waals surface area contributed by atoms with E-state index in [9.17, 15) is 9.90 Å². The molecule has 1 saturated heterocycles. The van der Waals surface area contributed by atoms with Crippen LogP contribution in [0.15, 0.2) is 40.4 Å². The van der Waals surface area contributed by atoms with Crippen LogP contribution in [0.4, 0.5) is 4.79 Å². The minimum absolute atomic E-state index is 0.00443. The summed E-state index contributed by atoms with van der Waals surface area (Å²) in [6, 6.07) is 0.00443. The van der Waals surface area contributed by atoms with Crippen molar-refractivity contribution in [3.63, 3.8) is 0 Å². The van der Waals surface area contributed by atoms with Crippen molar-refractivity contribution < 1.29 is 14.6 Å². The van der Waals surface area contributed by atoms with Gasteiger partial charge in [-0.15, -0.1) is 0 Å². The largest absolute Gasteiger partial charge is 0.508 e. The number of nitrogens with zero attached hydrogens (tertiary/aromatic N) is 3. The summed E-state index contributed by atoms with van der Waals surface area (Å²) < 4.78 is 5.52. The molecule has 1 atom stereocenters. The molecular weight excluding hydrogens is 354 g/mol. The fraction of sp³-hybridized carbons (Fsp3) is 0.636. The number of rotatable bonds is 5. The maximum Gasteiger partial charge on any atom is 0.410 e. The molecule has 0 aliphatic carbocycles. The number of piperazine rings is 1. The lowest BCUT2D eigenvalue weighted by Gasteiger charge is -2.42. The summed E-state index contributed by atoms with van der Waals surface area (Å²) in [4.78, 5) is 20.9. The minimum Gasteiger partial charge on any atom is -0.508 e. The van der Waals surface area contributed by atoms with Crippen molar-refractivity contribution in [2.24, 2.45) is 4.99 Å². The van der Waals surface area contributed by atoms with Gasteiger partial charge in [0.2, 0.25) is 0 Å². The Bertz CT molecular complexity index is 669. The molecule has 158 valence electrons. The summed E-state index contributed by atoms with van der Waals surface area (Å²) in [6.07, 6.45) is 6.07. The van der Waals surface area contributed by atoms with E-state index in [-0.39, 0.29) is 17.9 Å². The van der Waals surface area contributed by atoms with E-state index in [1.54, 1.807) is 24.1 Å². The average Bonchev–Trinajstić information content (AvgIpc) is 2.60. The lowest BCUT2D eigenvalue weighted by atomic mass is 10.0. The SMILES string of the molecule is C\C=C(O)/C(=C(/C)N1CCN(C(=O)OC(C)(C)C)C(C)C1)C(/C)=N/C=C/CC. The highest BCUT2D eigenvalue weighted by Gasteiger charge is 2.31. The summed E-state index contributed by atoms with van der Waals surface area (Å²) in [5.41, 5.74) is 1.95. The van der Waals surface area contributed by atoms with E-state index in [0.717, 1.165) is 23.4 Å². The summed E-state index contributed by atoms with van der Waals surface area (Å²) in [5.74, 6) is 0.214. The maximum atomic E-state index is 12.4. The molecule has 28 heavy (non-hydrogen) atoms. The van der Waals surface area contributed by atoms with Gasteiger partial charge >= 0.3 is 6.09 Å². The highest BCUT2D eigenvalue weighted by Crippen LogP contribution is 2.23. The van der Waals surface area contributed by atoms with E-state index in [0.29, 0.717) is 19.6 Å². The molecule has 0 aromatic rings. The zero-order valence-corrected chi connectivity index (χ0v) is 18.7. The van der Waals surface area contributed by atoms with E-state index in [2.05, 4.69) is 16.8 Å². The Kier molecular flexibility index (Phi) is 8.79. The van der Waals surface area contributed by atoms with Crippen LogP contribution in [0, 0.1) is 0 Å². The summed E-state index contributed by atoms with van der Waals surface area (Å²) in [6.45, 7) is 17.3. The van der Waals surface area contributed by atoms with Crippen molar-refractivity contribution in [3.8, 4) is 0 Å². The molecule has 1 amide bonds. The van der Waals surface area contributed by atoms with Gasteiger partial charge in [-0.1, -0.05) is 13.0 Å². The molecule has 0 spiro atoms. The molecule has 0 aromatic carbocycles. The lowest BCUT2D eigenvalue weighted by molar-refractivity contribution is 0.00491. The van der Waals surface area contributed by atoms with Crippen molar-refractivity contribution >= 4 is 11.8 Å². The third-order valence-corrected chi connectivity index (χ3v) is 4.59. The Balaban J connectivity index is 3.06. The molecule has 1 aliphatic heterocycles. The molecule has 0 saturated carbocycles. The van der Waals surface area contributed by atoms with Gasteiger partial charge in [-0.25, -0.2) is 4.79 Å². The van der Waals surface area contributed by atoms with E-state index < -0.39 is 5.60 Å². The van der Waals surface area contributed by atoms with Crippen LogP contribution < -0.4 is 0 Å². The smallest absolute Gasteiger partial charge is 0.410 e. The van der Waals surface area contributed by atoms with Crippen LogP contribution >= 0.6 is 0 Å². The van der Waals surface area contributed by atoms with Crippen molar-refractivity contribution in [3.05, 3.63) is 35.4 Å². The van der Waals surface area contributed by atoms with Gasteiger partial charge in [0.25, 0.3) is 0 Å². The van der Waals surface area contributed by atoms with Crippen LogP contribution in [0.3, 0.4) is 0 Å². The zero-order valence-electron chi connectivity index (χ0n) is 18.7. The standard InChI is InChI=1S/C22H37N3O3/c1-9-11-12-23-17(4)20(19(26)10-2)18(5)24-13-14-25(16(3)15-24)21(27)28-22(6,7)8/h10-12,16,26H,9,13-15H2,1-8H3/b12-11+,19-10+,20-18-,23-17+. The predicted octanol–water partition coefficient (Wildman–Crippen LogP) is 5.05. The van der Waals surface area contributed by atoms with E-state index in [1.807, 2.05) is 47.6 Å². The zero-order chi connectivity index (χ0) is 21.5. The molecule has 1 heterocycles. The van der Waals surface area contributed by atoms with Crippen molar-refractivity contribution in [1.29, 1.82) is 0 Å². The molecule has 0 radical (unpaired) electrons. The summed E-state index contributed by atoms with van der Waals surface area (Å²) >= 11 is 0. The second-order valence-corrected chi connectivity index (χ2v) is 8.11. The Morgan fingerprint density at radius 1 is 1.29 bits per heavy atom. The number of carbonyl (C=O) groups is 1. The van der Waals surface area contributed by atoms with Crippen LogP contribution in [-0.2, 0) is 4.74 Å². The second kappa shape index (κ2) is 10.3. The first-order valence-electron chi connectivity index (χ1n) is 10.0. The number of hydrogen-bond donors (Lipinski definition) is 1. The Morgan fingerprint density at radius 3 is 2.43 bits per heavy atom. The number of aliphatic hydroxyl groups is 1. The Morgan fingerprint density at radius 2 is 1.93 bits per heavy atom. The molecule has 6 nitrogen and oxygen atoms in total. The van der Waals surface area contributed by atoms with Crippen LogP contribution in [0.1, 0.15) is 61.8 Å². The quantitative estimate of drug-likeness (QED) is 0.405. The fourth-order valence-electron chi connectivity index (χ4n) is 3.12. The molecule has 1 N–H and O–H groups in total. The van der Waals surface area contributed by atoms with Crippen LogP contribution in [0.2, 0.25) is 0 Å². The Hall–Kier alpha value is -2.24. The topological polar surface area (TPSA) is 65.4 Å². The normalized spacial score (nSPS) is 20.5. The third-order valence-electron chi connectivity index (χ3n) is 4.59. The number of allylic oxidation sites excluding steroid dienone is 4. The monoisotopic (exact) mass is 391 g/mol. The number of carbonyl (C=O) groups excluding carboxylic acids is 1. The van der Waals surface area contributed by atoms with E-state index in [4.69, 9.17) is 4.74 Å². The number of amides is 1. The number of aliphatic hydroxyl groups excluding tert-OH is 1. The van der Waals surface area contributed by atoms with E-state index in [1.165, 1.54) is 0 Å². The van der Waals surface area contributed by atoms with Crippen molar-refractivity contribution in [1.82, 2.24) is 9.80 Å². The van der Waals surface area contributed by atoms with E-state index >= 15 is 0 Å². The number of hydrogen-bond acceptors (Lipinski definition) is 5. The summed E-state index contributed by atoms with van der Waals surface area (Å²) in [7, 11) is 0. The van der Waals surface area contributed by atoms with Gasteiger partial charge in [-0.05, 0) is 61.0 Å². The van der Waals surface area contributed by atoms with Gasteiger partial charge in [0.15, 0.2) is 0 Å². The van der Waals surface area contributed by atoms with Crippen molar-refractivity contribution in [2.45, 2.75) is 73.5 Å². The van der Waals surface area contributed by atoms with Gasteiger partial charge in [0.1, 0.15) is 11.4 Å². The predicted molar refractivity (Wildman–Crippen MR) is 116 cm³/mol. The van der Waals surface area contributed by atoms with Gasteiger partial charge in [-0.2, -0.15) is 0 Å². The van der Waals surface area contributed by atoms with Crippen LogP contribution in [-0.4, -0.2) is 58.0 Å². The molecule has 6 heteroatoms. The maximum absolute atomic E-state index is 12.4. The third kappa shape index (κ3) is 6.73. The highest BCUT2D eigenvalue weighted by atomic mass is 16.6. The Labute approximate surface area is 170 Å². The number of ether oxygens (including phenoxy) is 1. The molecule has 1 aliphatic rings. The molecule has 0 bridgehead atoms. The average molecular weight is 392 g/mol. The second-order valence-electron chi connectivity index (χ2n) is 8.11. The van der Waals surface area contributed by atoms with Crippen molar-refractivity contribution in [2.75, 3.05) is 19.6 Å². The molecule has 1 unspecified atom stereocenters. The first kappa shape index (κ1) is 23.8. The van der Waals surface area contributed by atoms with Gasteiger partial charge in [0, 0.05) is 43.3 Å². The fourth-order valence-corrected chi connectivity index (χ4v) is 3.12. The first-order chi connectivity index (χ1) is 13.0. The molecule has 0 aromatic heterocycles. The van der Waals surface area contributed by atoms with Gasteiger partial charge in [0.05, 0.1) is 5.57 Å². The first-order valence-corrected chi connectivity index (χ1v) is 10.0. The summed E-state index contributed by atoms with van der Waals surface area (Å²) in [5, 5.41) is 10.5. The molecule has 1 fully saturated rings. The highest BCUT2D eigenvalue weighted by molar-refractivity contribution is 6.02. The minimum atomic E-state index is -0.506. The lowest BCUT2D eigenvalue weighted by Crippen LogP contribution is -2.54.